The zero-order valence-corrected chi connectivity index (χ0v) is 9.05. The van der Waals surface area contributed by atoms with Crippen LogP contribution in [0.5, 0.6) is 5.75 Å². The Morgan fingerprint density at radius 3 is 2.71 bits per heavy atom. The van der Waals surface area contributed by atoms with Crippen molar-refractivity contribution in [2.45, 2.75) is 33.1 Å². The summed E-state index contributed by atoms with van der Waals surface area (Å²) >= 11 is 0. The molecule has 2 N–H and O–H groups in total. The Hall–Kier alpha value is -1.18. The van der Waals surface area contributed by atoms with Gasteiger partial charge in [-0.15, -0.1) is 0 Å². The third-order valence-corrected chi connectivity index (χ3v) is 2.22. The Kier molecular flexibility index (Phi) is 4.30. The van der Waals surface area contributed by atoms with Gasteiger partial charge in [0.2, 0.25) is 0 Å². The Balaban J connectivity index is 2.83. The van der Waals surface area contributed by atoms with E-state index in [4.69, 9.17) is 10.5 Å². The van der Waals surface area contributed by atoms with Crippen molar-refractivity contribution >= 4 is 5.69 Å². The van der Waals surface area contributed by atoms with Gasteiger partial charge in [0.1, 0.15) is 5.75 Å². The molecular formula is C12H19NO. The topological polar surface area (TPSA) is 35.2 Å². The Morgan fingerprint density at radius 1 is 1.29 bits per heavy atom. The third kappa shape index (κ3) is 2.66. The molecule has 14 heavy (non-hydrogen) atoms. The predicted molar refractivity (Wildman–Crippen MR) is 60.6 cm³/mol. The molecule has 0 aliphatic heterocycles. The van der Waals surface area contributed by atoms with Crippen LogP contribution >= 0.6 is 0 Å². The first-order valence-corrected chi connectivity index (χ1v) is 5.29. The smallest absolute Gasteiger partial charge is 0.145 e. The molecule has 0 saturated heterocycles. The fourth-order valence-electron chi connectivity index (χ4n) is 1.49. The lowest BCUT2D eigenvalue weighted by molar-refractivity contribution is 0.338. The summed E-state index contributed by atoms with van der Waals surface area (Å²) in [7, 11) is 0. The highest BCUT2D eigenvalue weighted by Crippen LogP contribution is 2.27. The predicted octanol–water partition coefficient (Wildman–Crippen LogP) is 3.01. The summed E-state index contributed by atoms with van der Waals surface area (Å²) in [6.07, 6.45) is 3.43. The van der Waals surface area contributed by atoms with Gasteiger partial charge in [0.15, 0.2) is 0 Å². The number of aryl methyl sites for hydroxylation is 1. The van der Waals surface area contributed by atoms with E-state index < -0.39 is 0 Å². The molecule has 0 aliphatic carbocycles. The molecule has 0 radical (unpaired) electrons. The number of rotatable bonds is 5. The molecule has 0 spiro atoms. The van der Waals surface area contributed by atoms with Crippen LogP contribution in [0.4, 0.5) is 5.69 Å². The zero-order valence-electron chi connectivity index (χ0n) is 9.05. The van der Waals surface area contributed by atoms with Gasteiger partial charge in [-0.05, 0) is 31.4 Å². The molecular weight excluding hydrogens is 174 g/mol. The molecule has 2 nitrogen and oxygen atoms in total. The van der Waals surface area contributed by atoms with Gasteiger partial charge < -0.3 is 10.5 Å². The maximum Gasteiger partial charge on any atom is 0.145 e. The average Bonchev–Trinajstić information content (AvgIpc) is 2.19. The van der Waals surface area contributed by atoms with E-state index in [1.54, 1.807) is 0 Å². The first kappa shape index (κ1) is 10.9. The van der Waals surface area contributed by atoms with Crippen molar-refractivity contribution in [3.8, 4) is 5.75 Å². The van der Waals surface area contributed by atoms with Gasteiger partial charge in [0.25, 0.3) is 0 Å². The summed E-state index contributed by atoms with van der Waals surface area (Å²) in [6.45, 7) is 4.84. The Labute approximate surface area is 86.1 Å². The quantitative estimate of drug-likeness (QED) is 0.729. The van der Waals surface area contributed by atoms with Crippen molar-refractivity contribution in [3.05, 3.63) is 23.8 Å². The average molecular weight is 193 g/mol. The SMILES string of the molecule is CCCCc1cccc(N)c1OCC. The maximum atomic E-state index is 5.85. The Morgan fingerprint density at radius 2 is 2.07 bits per heavy atom. The lowest BCUT2D eigenvalue weighted by Crippen LogP contribution is -2.01. The fraction of sp³-hybridized carbons (Fsp3) is 0.500. The first-order chi connectivity index (χ1) is 6.79. The highest BCUT2D eigenvalue weighted by Gasteiger charge is 2.05. The van der Waals surface area contributed by atoms with Gasteiger partial charge in [0.05, 0.1) is 12.3 Å². The van der Waals surface area contributed by atoms with Crippen LogP contribution in [0.1, 0.15) is 32.3 Å². The van der Waals surface area contributed by atoms with Crippen LogP contribution < -0.4 is 10.5 Å². The van der Waals surface area contributed by atoms with Crippen molar-refractivity contribution in [1.82, 2.24) is 0 Å². The van der Waals surface area contributed by atoms with Gasteiger partial charge >= 0.3 is 0 Å². The lowest BCUT2D eigenvalue weighted by Gasteiger charge is -2.11. The minimum Gasteiger partial charge on any atom is -0.491 e. The summed E-state index contributed by atoms with van der Waals surface area (Å²) < 4.78 is 5.54. The molecule has 2 heteroatoms. The van der Waals surface area contributed by atoms with E-state index >= 15 is 0 Å². The van der Waals surface area contributed by atoms with Gasteiger partial charge in [-0.25, -0.2) is 0 Å². The summed E-state index contributed by atoms with van der Waals surface area (Å²) in [5, 5.41) is 0. The normalized spacial score (nSPS) is 10.1. The molecule has 0 saturated carbocycles. The molecule has 0 aromatic heterocycles. The van der Waals surface area contributed by atoms with E-state index in [9.17, 15) is 0 Å². The molecule has 0 atom stereocenters. The van der Waals surface area contributed by atoms with Crippen molar-refractivity contribution in [1.29, 1.82) is 0 Å². The van der Waals surface area contributed by atoms with Crippen molar-refractivity contribution in [2.24, 2.45) is 0 Å². The largest absolute Gasteiger partial charge is 0.491 e. The van der Waals surface area contributed by atoms with E-state index in [2.05, 4.69) is 13.0 Å². The van der Waals surface area contributed by atoms with Crippen molar-refractivity contribution in [3.63, 3.8) is 0 Å². The van der Waals surface area contributed by atoms with Crippen LogP contribution in [-0.4, -0.2) is 6.61 Å². The number of hydrogen-bond acceptors (Lipinski definition) is 2. The fourth-order valence-corrected chi connectivity index (χ4v) is 1.49. The number of anilines is 1. The standard InChI is InChI=1S/C12H19NO/c1-3-5-7-10-8-6-9-11(13)12(10)14-4-2/h6,8-9H,3-5,7,13H2,1-2H3. The summed E-state index contributed by atoms with van der Waals surface area (Å²) in [5.41, 5.74) is 7.83. The minimum absolute atomic E-state index is 0.674. The van der Waals surface area contributed by atoms with Crippen LogP contribution in [-0.2, 0) is 6.42 Å². The van der Waals surface area contributed by atoms with Crippen LogP contribution in [0, 0.1) is 0 Å². The summed E-state index contributed by atoms with van der Waals surface area (Å²) in [5.74, 6) is 0.878. The van der Waals surface area contributed by atoms with Crippen LogP contribution in [0.3, 0.4) is 0 Å². The molecule has 0 bridgehead atoms. The molecule has 0 aliphatic rings. The number of para-hydroxylation sites is 1. The number of unbranched alkanes of at least 4 members (excludes halogenated alkanes) is 1. The van der Waals surface area contributed by atoms with E-state index in [0.29, 0.717) is 6.61 Å². The van der Waals surface area contributed by atoms with Crippen LogP contribution in [0.15, 0.2) is 18.2 Å². The van der Waals surface area contributed by atoms with Gasteiger partial charge in [-0.2, -0.15) is 0 Å². The highest BCUT2D eigenvalue weighted by molar-refractivity contribution is 5.56. The van der Waals surface area contributed by atoms with E-state index in [0.717, 1.165) is 17.9 Å². The molecule has 78 valence electrons. The molecule has 0 unspecified atom stereocenters. The molecule has 1 rings (SSSR count). The number of nitrogens with two attached hydrogens (primary N) is 1. The number of benzene rings is 1. The third-order valence-electron chi connectivity index (χ3n) is 2.22. The second-order valence-corrected chi connectivity index (χ2v) is 3.37. The van der Waals surface area contributed by atoms with Crippen molar-refractivity contribution < 1.29 is 4.74 Å². The van der Waals surface area contributed by atoms with E-state index in [-0.39, 0.29) is 0 Å². The van der Waals surface area contributed by atoms with E-state index in [1.165, 1.54) is 18.4 Å². The van der Waals surface area contributed by atoms with Crippen LogP contribution in [0.2, 0.25) is 0 Å². The number of nitrogen functional groups attached to an aromatic ring is 1. The molecule has 1 aromatic rings. The maximum absolute atomic E-state index is 5.85. The van der Waals surface area contributed by atoms with Gasteiger partial charge in [0, 0.05) is 0 Å². The first-order valence-electron chi connectivity index (χ1n) is 5.29. The van der Waals surface area contributed by atoms with Gasteiger partial charge in [-0.1, -0.05) is 25.5 Å². The lowest BCUT2D eigenvalue weighted by atomic mass is 10.1. The zero-order chi connectivity index (χ0) is 10.4. The number of hydrogen-bond donors (Lipinski definition) is 1. The molecule has 0 heterocycles. The monoisotopic (exact) mass is 193 g/mol. The number of ether oxygens (including phenoxy) is 1. The molecule has 0 fully saturated rings. The molecule has 0 amide bonds. The van der Waals surface area contributed by atoms with Crippen LogP contribution in [0.25, 0.3) is 0 Å². The van der Waals surface area contributed by atoms with Gasteiger partial charge in [-0.3, -0.25) is 0 Å². The molecule has 1 aromatic carbocycles. The Bertz CT molecular complexity index is 284. The summed E-state index contributed by atoms with van der Waals surface area (Å²) in [4.78, 5) is 0. The van der Waals surface area contributed by atoms with E-state index in [1.807, 2.05) is 19.1 Å². The second-order valence-electron chi connectivity index (χ2n) is 3.37. The highest BCUT2D eigenvalue weighted by atomic mass is 16.5. The second kappa shape index (κ2) is 5.53. The minimum atomic E-state index is 0.674. The summed E-state index contributed by atoms with van der Waals surface area (Å²) in [6, 6.07) is 5.97. The van der Waals surface area contributed by atoms with Crippen molar-refractivity contribution in [2.75, 3.05) is 12.3 Å².